The second-order valence-electron chi connectivity index (χ2n) is 5.40. The van der Waals surface area contributed by atoms with E-state index < -0.39 is 6.10 Å². The van der Waals surface area contributed by atoms with E-state index in [1.165, 1.54) is 12.4 Å². The van der Waals surface area contributed by atoms with Crippen LogP contribution in [-0.2, 0) is 6.54 Å². The average molecular weight is 340 g/mol. The number of amides is 1. The van der Waals surface area contributed by atoms with Gasteiger partial charge in [0.05, 0.1) is 6.54 Å². The van der Waals surface area contributed by atoms with Crippen LogP contribution in [0.15, 0.2) is 53.6 Å². The third-order valence-corrected chi connectivity index (χ3v) is 3.56. The van der Waals surface area contributed by atoms with Crippen LogP contribution in [0.25, 0.3) is 0 Å². The molecule has 3 aromatic rings. The molecule has 0 aliphatic rings. The summed E-state index contributed by atoms with van der Waals surface area (Å²) in [4.78, 5) is 25.9. The number of hydrogen-bond donors (Lipinski definition) is 3. The lowest BCUT2D eigenvalue weighted by atomic mass is 10.1. The Morgan fingerprint density at radius 3 is 2.72 bits per heavy atom. The van der Waals surface area contributed by atoms with E-state index in [9.17, 15) is 14.7 Å². The van der Waals surface area contributed by atoms with Crippen molar-refractivity contribution in [1.29, 1.82) is 0 Å². The Hall–Kier alpha value is -3.33. The normalized spacial score (nSPS) is 11.9. The van der Waals surface area contributed by atoms with Crippen LogP contribution in [-0.4, -0.2) is 42.7 Å². The van der Waals surface area contributed by atoms with E-state index in [0.29, 0.717) is 17.8 Å². The summed E-state index contributed by atoms with van der Waals surface area (Å²) in [7, 11) is 0. The molecular weight excluding hydrogens is 324 g/mol. The van der Waals surface area contributed by atoms with Gasteiger partial charge < -0.3 is 15.4 Å². The van der Waals surface area contributed by atoms with Crippen molar-refractivity contribution in [2.75, 3.05) is 6.54 Å². The summed E-state index contributed by atoms with van der Waals surface area (Å²) < 4.78 is 1.58. The number of aliphatic hydroxyl groups is 1. The Bertz CT molecular complexity index is 889. The standard InChI is InChI=1S/C16H16N6O3/c23-14(13-2-1-3-15(24)19-13)8-17-16(25)12-6-4-11(5-7-12)9-22-10-18-20-21-22/h1-7,10,14,23H,8-9H2,(H,17,25)(H,19,24). The average Bonchev–Trinajstić information content (AvgIpc) is 3.13. The van der Waals surface area contributed by atoms with Gasteiger partial charge in [0.1, 0.15) is 12.4 Å². The number of H-pyrrole nitrogens is 1. The molecule has 0 fully saturated rings. The highest BCUT2D eigenvalue weighted by Crippen LogP contribution is 2.08. The number of aliphatic hydroxyl groups excluding tert-OH is 1. The molecule has 1 aromatic carbocycles. The number of pyridine rings is 1. The number of carbonyl (C=O) groups is 1. The van der Waals surface area contributed by atoms with Crippen molar-refractivity contribution in [2.45, 2.75) is 12.6 Å². The van der Waals surface area contributed by atoms with Gasteiger partial charge in [0.2, 0.25) is 5.56 Å². The van der Waals surface area contributed by atoms with E-state index in [0.717, 1.165) is 5.56 Å². The summed E-state index contributed by atoms with van der Waals surface area (Å²) in [5.41, 5.74) is 1.46. The molecular formula is C16H16N6O3. The van der Waals surface area contributed by atoms with Crippen molar-refractivity contribution in [2.24, 2.45) is 0 Å². The van der Waals surface area contributed by atoms with Crippen molar-refractivity contribution >= 4 is 5.91 Å². The van der Waals surface area contributed by atoms with Crippen molar-refractivity contribution < 1.29 is 9.90 Å². The second kappa shape index (κ2) is 7.49. The molecule has 2 aromatic heterocycles. The summed E-state index contributed by atoms with van der Waals surface area (Å²) in [6.07, 6.45) is 0.521. The Labute approximate surface area is 142 Å². The minimum absolute atomic E-state index is 0.00877. The van der Waals surface area contributed by atoms with E-state index in [-0.39, 0.29) is 18.0 Å². The monoisotopic (exact) mass is 340 g/mol. The van der Waals surface area contributed by atoms with Gasteiger partial charge in [-0.2, -0.15) is 0 Å². The van der Waals surface area contributed by atoms with Crippen LogP contribution in [0, 0.1) is 0 Å². The van der Waals surface area contributed by atoms with Crippen LogP contribution in [0.2, 0.25) is 0 Å². The lowest BCUT2D eigenvalue weighted by molar-refractivity contribution is 0.0914. The lowest BCUT2D eigenvalue weighted by Crippen LogP contribution is -2.29. The third kappa shape index (κ3) is 4.36. The molecule has 9 heteroatoms. The van der Waals surface area contributed by atoms with Gasteiger partial charge >= 0.3 is 0 Å². The number of nitrogens with zero attached hydrogens (tertiary/aromatic N) is 4. The predicted molar refractivity (Wildman–Crippen MR) is 87.7 cm³/mol. The number of aromatic nitrogens is 5. The number of aromatic amines is 1. The molecule has 1 atom stereocenters. The highest BCUT2D eigenvalue weighted by Gasteiger charge is 2.11. The zero-order valence-corrected chi connectivity index (χ0v) is 13.2. The van der Waals surface area contributed by atoms with Crippen molar-refractivity contribution in [3.63, 3.8) is 0 Å². The minimum Gasteiger partial charge on any atom is -0.385 e. The van der Waals surface area contributed by atoms with Crippen molar-refractivity contribution in [1.82, 2.24) is 30.5 Å². The van der Waals surface area contributed by atoms with E-state index >= 15 is 0 Å². The molecule has 9 nitrogen and oxygen atoms in total. The molecule has 0 aliphatic carbocycles. The third-order valence-electron chi connectivity index (χ3n) is 3.56. The number of rotatable bonds is 6. The van der Waals surface area contributed by atoms with Gasteiger partial charge in [-0.15, -0.1) is 5.10 Å². The number of nitrogens with one attached hydrogen (secondary N) is 2. The quantitative estimate of drug-likeness (QED) is 0.574. The smallest absolute Gasteiger partial charge is 0.251 e. The fraction of sp³-hybridized carbons (Fsp3) is 0.188. The molecule has 3 rings (SSSR count). The molecule has 0 radical (unpaired) electrons. The fourth-order valence-corrected chi connectivity index (χ4v) is 2.26. The van der Waals surface area contributed by atoms with Gasteiger partial charge in [0, 0.05) is 23.9 Å². The molecule has 25 heavy (non-hydrogen) atoms. The first-order chi connectivity index (χ1) is 12.1. The first kappa shape index (κ1) is 16.5. The van der Waals surface area contributed by atoms with Gasteiger partial charge in [-0.25, -0.2) is 4.68 Å². The molecule has 2 heterocycles. The van der Waals surface area contributed by atoms with Gasteiger partial charge in [-0.05, 0) is 34.2 Å². The van der Waals surface area contributed by atoms with E-state index in [4.69, 9.17) is 0 Å². The Balaban J connectivity index is 1.56. The number of hydrogen-bond acceptors (Lipinski definition) is 6. The highest BCUT2D eigenvalue weighted by atomic mass is 16.3. The Kier molecular flexibility index (Phi) is 4.95. The van der Waals surface area contributed by atoms with Crippen LogP contribution in [0.1, 0.15) is 27.7 Å². The van der Waals surface area contributed by atoms with Crippen LogP contribution >= 0.6 is 0 Å². The van der Waals surface area contributed by atoms with Crippen molar-refractivity contribution in [3.8, 4) is 0 Å². The first-order valence-corrected chi connectivity index (χ1v) is 7.57. The molecule has 1 unspecified atom stereocenters. The number of benzene rings is 1. The summed E-state index contributed by atoms with van der Waals surface area (Å²) in [6, 6.07) is 11.5. The van der Waals surface area contributed by atoms with Crippen molar-refractivity contribution in [3.05, 3.63) is 76.0 Å². The van der Waals surface area contributed by atoms with Gasteiger partial charge in [-0.1, -0.05) is 18.2 Å². The summed E-state index contributed by atoms with van der Waals surface area (Å²) in [6.45, 7) is 0.500. The van der Waals surface area contributed by atoms with Gasteiger partial charge in [0.25, 0.3) is 5.91 Å². The van der Waals surface area contributed by atoms with E-state index in [1.807, 2.05) is 12.1 Å². The lowest BCUT2D eigenvalue weighted by Gasteiger charge is -2.12. The topological polar surface area (TPSA) is 126 Å². The Morgan fingerprint density at radius 2 is 2.04 bits per heavy atom. The molecule has 0 bridgehead atoms. The maximum absolute atomic E-state index is 12.1. The maximum atomic E-state index is 12.1. The van der Waals surface area contributed by atoms with Crippen LogP contribution < -0.4 is 10.9 Å². The molecule has 0 saturated carbocycles. The van der Waals surface area contributed by atoms with Crippen LogP contribution in [0.4, 0.5) is 0 Å². The molecule has 0 aliphatic heterocycles. The van der Waals surface area contributed by atoms with E-state index in [1.54, 1.807) is 28.9 Å². The minimum atomic E-state index is -0.989. The Morgan fingerprint density at radius 1 is 1.24 bits per heavy atom. The molecule has 0 saturated heterocycles. The molecule has 1 amide bonds. The predicted octanol–water partition coefficient (Wildman–Crippen LogP) is -0.127. The molecule has 128 valence electrons. The maximum Gasteiger partial charge on any atom is 0.251 e. The van der Waals surface area contributed by atoms with Crippen LogP contribution in [0.5, 0.6) is 0 Å². The van der Waals surface area contributed by atoms with E-state index in [2.05, 4.69) is 25.8 Å². The second-order valence-corrected chi connectivity index (χ2v) is 5.40. The summed E-state index contributed by atoms with van der Waals surface area (Å²) >= 11 is 0. The zero-order valence-electron chi connectivity index (χ0n) is 13.2. The van der Waals surface area contributed by atoms with Crippen LogP contribution in [0.3, 0.4) is 0 Å². The molecule has 3 N–H and O–H groups in total. The largest absolute Gasteiger partial charge is 0.385 e. The fourth-order valence-electron chi connectivity index (χ4n) is 2.26. The summed E-state index contributed by atoms with van der Waals surface area (Å²) in [5.74, 6) is -0.314. The number of carbonyl (C=O) groups excluding carboxylic acids is 1. The highest BCUT2D eigenvalue weighted by molar-refractivity contribution is 5.94. The molecule has 0 spiro atoms. The SMILES string of the molecule is O=C(NCC(O)c1cccc(=O)[nH]1)c1ccc(Cn2cnnn2)cc1. The first-order valence-electron chi connectivity index (χ1n) is 7.57. The van der Waals surface area contributed by atoms with Gasteiger partial charge in [-0.3, -0.25) is 9.59 Å². The zero-order chi connectivity index (χ0) is 17.6. The number of tetrazole rings is 1. The van der Waals surface area contributed by atoms with Gasteiger partial charge in [0.15, 0.2) is 0 Å². The summed E-state index contributed by atoms with van der Waals surface area (Å²) in [5, 5.41) is 23.5.